The van der Waals surface area contributed by atoms with Crippen LogP contribution in [0.2, 0.25) is 0 Å². The Balaban J connectivity index is 1.60. The van der Waals surface area contributed by atoms with Crippen molar-refractivity contribution in [2.24, 2.45) is 0 Å². The van der Waals surface area contributed by atoms with Crippen LogP contribution in [0.5, 0.6) is 0 Å². The molecule has 6 nitrogen and oxygen atoms in total. The van der Waals surface area contributed by atoms with E-state index < -0.39 is 5.92 Å². The van der Waals surface area contributed by atoms with Gasteiger partial charge < -0.3 is 9.74 Å². The molecule has 3 aromatic heterocycles. The zero-order chi connectivity index (χ0) is 19.0. The molecule has 0 radical (unpaired) electrons. The van der Waals surface area contributed by atoms with Crippen LogP contribution >= 0.6 is 0 Å². The van der Waals surface area contributed by atoms with Crippen LogP contribution in [-0.4, -0.2) is 44.4 Å². The number of aromatic nitrogens is 3. The standard InChI is InChI=1S/C19H15F2N5O/c1-22-16-3-2-15(12-23-16)26-7-4-13-10-14(11-24-17(13)26)18(27)25-8-5-19(20,21)6-9-25/h2-4,7,10-12H,5-6,8-9H2. The largest absolute Gasteiger partial charge is 0.361 e. The molecule has 136 valence electrons. The molecule has 1 aliphatic heterocycles. The van der Waals surface area contributed by atoms with Crippen LogP contribution in [0.15, 0.2) is 42.9 Å². The van der Waals surface area contributed by atoms with Gasteiger partial charge >= 0.3 is 0 Å². The maximum Gasteiger partial charge on any atom is 0.269 e. The molecule has 0 bridgehead atoms. The van der Waals surface area contributed by atoms with Crippen molar-refractivity contribution in [1.82, 2.24) is 19.4 Å². The lowest BCUT2D eigenvalue weighted by Gasteiger charge is -2.31. The number of hydrogen-bond acceptors (Lipinski definition) is 3. The molecular formula is C19H15F2N5O. The number of amides is 1. The first-order chi connectivity index (χ1) is 13.0. The summed E-state index contributed by atoms with van der Waals surface area (Å²) >= 11 is 0. The van der Waals surface area contributed by atoms with Crippen molar-refractivity contribution in [3.63, 3.8) is 0 Å². The molecule has 0 N–H and O–H groups in total. The fourth-order valence-corrected chi connectivity index (χ4v) is 3.16. The summed E-state index contributed by atoms with van der Waals surface area (Å²) in [6, 6.07) is 6.94. The Labute approximate surface area is 153 Å². The smallest absolute Gasteiger partial charge is 0.269 e. The third kappa shape index (κ3) is 3.24. The number of rotatable bonds is 2. The molecule has 1 fully saturated rings. The van der Waals surface area contributed by atoms with Gasteiger partial charge in [-0.05, 0) is 24.3 Å². The van der Waals surface area contributed by atoms with Crippen molar-refractivity contribution in [3.05, 3.63) is 59.8 Å². The number of fused-ring (bicyclic) bond motifs is 1. The molecule has 0 saturated carbocycles. The minimum atomic E-state index is -2.69. The Morgan fingerprint density at radius 3 is 2.59 bits per heavy atom. The summed E-state index contributed by atoms with van der Waals surface area (Å²) in [5.74, 6) is -2.66. The number of carbonyl (C=O) groups is 1. The quantitative estimate of drug-likeness (QED) is 0.647. The third-order valence-corrected chi connectivity index (χ3v) is 4.68. The number of hydrogen-bond donors (Lipinski definition) is 0. The number of alkyl halides is 2. The Bertz CT molecular complexity index is 1040. The SMILES string of the molecule is [C-]#[N+]c1ccc(-n2ccc3cc(C(=O)N4CCC(F)(F)CC4)cnc32)cn1. The highest BCUT2D eigenvalue weighted by Crippen LogP contribution is 2.29. The van der Waals surface area contributed by atoms with E-state index in [-0.39, 0.29) is 31.8 Å². The molecule has 4 heterocycles. The predicted octanol–water partition coefficient (Wildman–Crippen LogP) is 3.84. The molecule has 0 aliphatic carbocycles. The van der Waals surface area contributed by atoms with Crippen molar-refractivity contribution in [3.8, 4) is 5.69 Å². The summed E-state index contributed by atoms with van der Waals surface area (Å²) in [5.41, 5.74) is 1.78. The third-order valence-electron chi connectivity index (χ3n) is 4.68. The van der Waals surface area contributed by atoms with E-state index >= 15 is 0 Å². The first kappa shape index (κ1) is 17.1. The van der Waals surface area contributed by atoms with Crippen molar-refractivity contribution >= 4 is 22.8 Å². The van der Waals surface area contributed by atoms with Crippen molar-refractivity contribution in [2.45, 2.75) is 18.8 Å². The normalized spacial score (nSPS) is 16.3. The van der Waals surface area contributed by atoms with Gasteiger partial charge in [-0.15, -0.1) is 4.98 Å². The van der Waals surface area contributed by atoms with E-state index in [1.54, 1.807) is 24.4 Å². The van der Waals surface area contributed by atoms with Gasteiger partial charge in [-0.2, -0.15) is 0 Å². The molecule has 0 unspecified atom stereocenters. The summed E-state index contributed by atoms with van der Waals surface area (Å²) in [7, 11) is 0. The molecule has 1 saturated heterocycles. The van der Waals surface area contributed by atoms with Crippen LogP contribution in [0, 0.1) is 6.57 Å². The summed E-state index contributed by atoms with van der Waals surface area (Å²) in [5, 5.41) is 0.762. The van der Waals surface area contributed by atoms with Gasteiger partial charge in [0.05, 0.1) is 11.3 Å². The van der Waals surface area contributed by atoms with Gasteiger partial charge in [0.15, 0.2) is 0 Å². The lowest BCUT2D eigenvalue weighted by molar-refractivity contribution is -0.0494. The molecule has 0 aromatic carbocycles. The van der Waals surface area contributed by atoms with E-state index in [9.17, 15) is 13.6 Å². The van der Waals surface area contributed by atoms with Gasteiger partial charge in [0.25, 0.3) is 17.6 Å². The summed E-state index contributed by atoms with van der Waals surface area (Å²) < 4.78 is 28.4. The second kappa shape index (κ2) is 6.43. The molecule has 1 aliphatic rings. The highest BCUT2D eigenvalue weighted by Gasteiger charge is 2.35. The van der Waals surface area contributed by atoms with Crippen LogP contribution < -0.4 is 0 Å². The van der Waals surface area contributed by atoms with E-state index in [1.165, 1.54) is 11.1 Å². The van der Waals surface area contributed by atoms with Crippen molar-refractivity contribution < 1.29 is 13.6 Å². The molecular weight excluding hydrogens is 352 g/mol. The van der Waals surface area contributed by atoms with Gasteiger partial charge in [0, 0.05) is 43.7 Å². The zero-order valence-corrected chi connectivity index (χ0v) is 14.3. The Hall–Kier alpha value is -3.34. The van der Waals surface area contributed by atoms with E-state index in [0.29, 0.717) is 17.0 Å². The van der Waals surface area contributed by atoms with Gasteiger partial charge in [-0.3, -0.25) is 9.36 Å². The number of carbonyl (C=O) groups excluding carboxylic acids is 1. The molecule has 1 amide bonds. The molecule has 0 spiro atoms. The topological polar surface area (TPSA) is 55.4 Å². The second-order valence-electron chi connectivity index (χ2n) is 6.46. The van der Waals surface area contributed by atoms with Crippen LogP contribution in [0.3, 0.4) is 0 Å². The van der Waals surface area contributed by atoms with E-state index in [4.69, 9.17) is 6.57 Å². The fraction of sp³-hybridized carbons (Fsp3) is 0.263. The maximum absolute atomic E-state index is 13.3. The van der Waals surface area contributed by atoms with Crippen molar-refractivity contribution in [1.29, 1.82) is 0 Å². The summed E-state index contributed by atoms with van der Waals surface area (Å²) in [6.45, 7) is 7.05. The first-order valence-electron chi connectivity index (χ1n) is 8.45. The molecule has 0 atom stereocenters. The number of likely N-dealkylation sites (tertiary alicyclic amines) is 1. The fourth-order valence-electron chi connectivity index (χ4n) is 3.16. The molecule has 27 heavy (non-hydrogen) atoms. The molecule has 3 aromatic rings. The minimum Gasteiger partial charge on any atom is -0.361 e. The van der Waals surface area contributed by atoms with Crippen molar-refractivity contribution in [2.75, 3.05) is 13.1 Å². The summed E-state index contributed by atoms with van der Waals surface area (Å²) in [6.07, 6.45) is 4.25. The van der Waals surface area contributed by atoms with Crippen LogP contribution in [0.1, 0.15) is 23.2 Å². The van der Waals surface area contributed by atoms with E-state index in [0.717, 1.165) is 11.1 Å². The number of halogens is 2. The maximum atomic E-state index is 13.3. The molecule has 8 heteroatoms. The Morgan fingerprint density at radius 2 is 1.93 bits per heavy atom. The van der Waals surface area contributed by atoms with Gasteiger partial charge in [-0.1, -0.05) is 6.57 Å². The van der Waals surface area contributed by atoms with Crippen LogP contribution in [-0.2, 0) is 0 Å². The highest BCUT2D eigenvalue weighted by molar-refractivity contribution is 5.97. The highest BCUT2D eigenvalue weighted by atomic mass is 19.3. The number of piperidine rings is 1. The molecule has 4 rings (SSSR count). The average molecular weight is 367 g/mol. The minimum absolute atomic E-state index is 0.0456. The first-order valence-corrected chi connectivity index (χ1v) is 8.45. The Morgan fingerprint density at radius 1 is 1.15 bits per heavy atom. The zero-order valence-electron chi connectivity index (χ0n) is 14.3. The summed E-state index contributed by atoms with van der Waals surface area (Å²) in [4.78, 5) is 25.7. The van der Waals surface area contributed by atoms with Gasteiger partial charge in [0.2, 0.25) is 0 Å². The second-order valence-corrected chi connectivity index (χ2v) is 6.46. The lowest BCUT2D eigenvalue weighted by Crippen LogP contribution is -2.42. The van der Waals surface area contributed by atoms with Crippen LogP contribution in [0.25, 0.3) is 21.6 Å². The lowest BCUT2D eigenvalue weighted by atomic mass is 10.1. The van der Waals surface area contributed by atoms with E-state index in [1.807, 2.05) is 16.8 Å². The van der Waals surface area contributed by atoms with Crippen LogP contribution in [0.4, 0.5) is 14.6 Å². The van der Waals surface area contributed by atoms with Gasteiger partial charge in [-0.25, -0.2) is 13.8 Å². The van der Waals surface area contributed by atoms with Gasteiger partial charge in [0.1, 0.15) is 11.8 Å². The predicted molar refractivity (Wildman–Crippen MR) is 95.2 cm³/mol. The Kier molecular flexibility index (Phi) is 4.07. The average Bonchev–Trinajstić information content (AvgIpc) is 3.10. The number of pyridine rings is 2. The number of nitrogens with zero attached hydrogens (tertiary/aromatic N) is 5. The monoisotopic (exact) mass is 367 g/mol. The van der Waals surface area contributed by atoms with E-state index in [2.05, 4.69) is 14.8 Å².